The van der Waals surface area contributed by atoms with Crippen LogP contribution in [0.4, 0.5) is 0 Å². The molecule has 0 fully saturated rings. The van der Waals surface area contributed by atoms with E-state index in [1.54, 1.807) is 6.92 Å². The van der Waals surface area contributed by atoms with Gasteiger partial charge < -0.3 is 9.52 Å². The van der Waals surface area contributed by atoms with E-state index in [9.17, 15) is 8.42 Å². The van der Waals surface area contributed by atoms with Gasteiger partial charge in [0.05, 0.1) is 6.04 Å². The van der Waals surface area contributed by atoms with E-state index in [2.05, 4.69) is 19.9 Å². The van der Waals surface area contributed by atoms with Crippen LogP contribution >= 0.6 is 0 Å². The average molecular weight is 286 g/mol. The van der Waals surface area contributed by atoms with Crippen LogP contribution in [0.25, 0.3) is 0 Å². The lowest BCUT2D eigenvalue weighted by Crippen LogP contribution is -2.27. The summed E-state index contributed by atoms with van der Waals surface area (Å²) in [6.45, 7) is 2.81. The third-order valence-corrected chi connectivity index (χ3v) is 4.19. The number of rotatable bonds is 5. The summed E-state index contributed by atoms with van der Waals surface area (Å²) in [6.07, 6.45) is 1.30. The van der Waals surface area contributed by atoms with Crippen molar-refractivity contribution in [1.82, 2.24) is 19.9 Å². The van der Waals surface area contributed by atoms with E-state index in [0.717, 1.165) is 0 Å². The second kappa shape index (κ2) is 5.11. The zero-order chi connectivity index (χ0) is 14.0. The van der Waals surface area contributed by atoms with Gasteiger partial charge in [-0.05, 0) is 13.8 Å². The maximum Gasteiger partial charge on any atom is 0.244 e. The molecule has 2 heterocycles. The molecule has 0 radical (unpaired) electrons. The van der Waals surface area contributed by atoms with Gasteiger partial charge in [0.25, 0.3) is 0 Å². The Morgan fingerprint density at radius 1 is 1.58 bits per heavy atom. The van der Waals surface area contributed by atoms with Crippen LogP contribution in [0, 0.1) is 6.92 Å². The number of aryl methyl sites for hydroxylation is 1. The third kappa shape index (κ3) is 2.83. The Balaban J connectivity index is 2.25. The van der Waals surface area contributed by atoms with Gasteiger partial charge in [-0.1, -0.05) is 0 Å². The van der Waals surface area contributed by atoms with Crippen LogP contribution in [-0.4, -0.2) is 28.7 Å². The highest BCUT2D eigenvalue weighted by Crippen LogP contribution is 2.21. The lowest BCUT2D eigenvalue weighted by molar-refractivity contribution is 0.244. The van der Waals surface area contributed by atoms with Crippen molar-refractivity contribution in [3.63, 3.8) is 0 Å². The summed E-state index contributed by atoms with van der Waals surface area (Å²) in [5.74, 6) is 0.832. The summed E-state index contributed by atoms with van der Waals surface area (Å²) in [5, 5.41) is 15.2. The van der Waals surface area contributed by atoms with Crippen LogP contribution in [0.15, 0.2) is 21.7 Å². The summed E-state index contributed by atoms with van der Waals surface area (Å²) >= 11 is 0. The molecule has 9 heteroatoms. The monoisotopic (exact) mass is 286 g/mol. The van der Waals surface area contributed by atoms with Gasteiger partial charge >= 0.3 is 0 Å². The largest absolute Gasteiger partial charge is 0.462 e. The minimum Gasteiger partial charge on any atom is -0.462 e. The van der Waals surface area contributed by atoms with Crippen molar-refractivity contribution >= 4 is 10.0 Å². The van der Waals surface area contributed by atoms with Crippen molar-refractivity contribution in [2.45, 2.75) is 31.4 Å². The fourth-order valence-electron chi connectivity index (χ4n) is 1.64. The molecule has 0 spiro atoms. The van der Waals surface area contributed by atoms with Gasteiger partial charge in [-0.3, -0.25) is 5.10 Å². The van der Waals surface area contributed by atoms with Crippen LogP contribution in [0.2, 0.25) is 0 Å². The molecular formula is C10H14N4O4S. The molecule has 0 aliphatic heterocycles. The lowest BCUT2D eigenvalue weighted by Gasteiger charge is -2.10. The van der Waals surface area contributed by atoms with Crippen molar-refractivity contribution in [1.29, 1.82) is 0 Å². The number of aromatic nitrogens is 3. The van der Waals surface area contributed by atoms with Crippen molar-refractivity contribution < 1.29 is 17.9 Å². The fraction of sp³-hybridized carbons (Fsp3) is 0.400. The summed E-state index contributed by atoms with van der Waals surface area (Å²) in [7, 11) is -3.75. The SMILES string of the molecule is Cc1oc(CO)cc1S(=O)(=O)NC(C)c1ncn[nH]1. The number of nitrogens with one attached hydrogen (secondary N) is 2. The number of sulfonamides is 1. The normalized spacial score (nSPS) is 13.6. The molecule has 0 aliphatic carbocycles. The smallest absolute Gasteiger partial charge is 0.244 e. The minimum atomic E-state index is -3.75. The number of hydrogen-bond donors (Lipinski definition) is 3. The number of H-pyrrole nitrogens is 1. The highest BCUT2D eigenvalue weighted by Gasteiger charge is 2.24. The van der Waals surface area contributed by atoms with E-state index in [1.807, 2.05) is 0 Å². The molecule has 2 aromatic heterocycles. The fourth-order valence-corrected chi connectivity index (χ4v) is 3.06. The molecule has 0 bridgehead atoms. The summed E-state index contributed by atoms with van der Waals surface area (Å²) in [5.41, 5.74) is 0. The van der Waals surface area contributed by atoms with Gasteiger partial charge in [-0.25, -0.2) is 18.1 Å². The van der Waals surface area contributed by atoms with Crippen molar-refractivity contribution in [3.05, 3.63) is 29.7 Å². The van der Waals surface area contributed by atoms with Gasteiger partial charge in [-0.15, -0.1) is 0 Å². The first-order valence-electron chi connectivity index (χ1n) is 5.52. The average Bonchev–Trinajstić information content (AvgIpc) is 2.96. The zero-order valence-electron chi connectivity index (χ0n) is 10.4. The van der Waals surface area contributed by atoms with E-state index in [-0.39, 0.29) is 23.0 Å². The van der Waals surface area contributed by atoms with E-state index >= 15 is 0 Å². The molecule has 0 amide bonds. The molecule has 1 atom stereocenters. The topological polar surface area (TPSA) is 121 Å². The first-order chi connectivity index (χ1) is 8.94. The summed E-state index contributed by atoms with van der Waals surface area (Å²) < 4.78 is 31.9. The predicted molar refractivity (Wildman–Crippen MR) is 64.5 cm³/mol. The second-order valence-electron chi connectivity index (χ2n) is 4.00. The lowest BCUT2D eigenvalue weighted by atomic mass is 10.3. The second-order valence-corrected chi connectivity index (χ2v) is 5.69. The van der Waals surface area contributed by atoms with E-state index in [1.165, 1.54) is 19.3 Å². The Labute approximate surface area is 109 Å². The first kappa shape index (κ1) is 13.7. The number of nitrogens with zero attached hydrogens (tertiary/aromatic N) is 2. The molecule has 3 N–H and O–H groups in total. The molecule has 0 aromatic carbocycles. The standard InChI is InChI=1S/C10H14N4O4S/c1-6(10-11-5-12-13-10)14-19(16,17)9-3-8(4-15)18-7(9)2/h3,5-6,14-15H,4H2,1-2H3,(H,11,12,13). The van der Waals surface area contributed by atoms with Crippen LogP contribution in [0.3, 0.4) is 0 Å². The Morgan fingerprint density at radius 3 is 2.84 bits per heavy atom. The molecule has 1 unspecified atom stereocenters. The van der Waals surface area contributed by atoms with Crippen LogP contribution in [0.1, 0.15) is 30.3 Å². The Kier molecular flexibility index (Phi) is 3.69. The molecule has 0 aliphatic rings. The molecule has 8 nitrogen and oxygen atoms in total. The highest BCUT2D eigenvalue weighted by molar-refractivity contribution is 7.89. The molecule has 2 rings (SSSR count). The van der Waals surface area contributed by atoms with Gasteiger partial charge in [0.1, 0.15) is 35.2 Å². The molecule has 2 aromatic rings. The van der Waals surface area contributed by atoms with Crippen molar-refractivity contribution in [2.75, 3.05) is 0 Å². The maximum atomic E-state index is 12.2. The maximum absolute atomic E-state index is 12.2. The number of furan rings is 1. The molecule has 19 heavy (non-hydrogen) atoms. The van der Waals surface area contributed by atoms with Crippen LogP contribution in [-0.2, 0) is 16.6 Å². The van der Waals surface area contributed by atoms with Gasteiger partial charge in [-0.2, -0.15) is 5.10 Å². The van der Waals surface area contributed by atoms with E-state index in [0.29, 0.717) is 5.82 Å². The number of aromatic amines is 1. The number of hydrogen-bond acceptors (Lipinski definition) is 6. The van der Waals surface area contributed by atoms with E-state index < -0.39 is 16.1 Å². The molecule has 0 saturated carbocycles. The Bertz CT molecular complexity index is 647. The third-order valence-electron chi connectivity index (χ3n) is 2.54. The summed E-state index contributed by atoms with van der Waals surface area (Å²) in [6, 6.07) is 0.740. The Morgan fingerprint density at radius 2 is 2.32 bits per heavy atom. The summed E-state index contributed by atoms with van der Waals surface area (Å²) in [4.78, 5) is 3.88. The zero-order valence-corrected chi connectivity index (χ0v) is 11.2. The molecule has 0 saturated heterocycles. The van der Waals surface area contributed by atoms with Crippen LogP contribution < -0.4 is 4.72 Å². The highest BCUT2D eigenvalue weighted by atomic mass is 32.2. The quantitative estimate of drug-likeness (QED) is 0.723. The Hall–Kier alpha value is -1.71. The minimum absolute atomic E-state index is 0.00270. The van der Waals surface area contributed by atoms with E-state index in [4.69, 9.17) is 9.52 Å². The molecule has 104 valence electrons. The van der Waals surface area contributed by atoms with Gasteiger partial charge in [0.2, 0.25) is 10.0 Å². The van der Waals surface area contributed by atoms with Gasteiger partial charge in [0, 0.05) is 6.07 Å². The number of aliphatic hydroxyl groups is 1. The molecular weight excluding hydrogens is 272 g/mol. The van der Waals surface area contributed by atoms with Gasteiger partial charge in [0.15, 0.2) is 0 Å². The van der Waals surface area contributed by atoms with Crippen molar-refractivity contribution in [3.8, 4) is 0 Å². The predicted octanol–water partition coefficient (Wildman–Crippen LogP) is 0.238. The number of aliphatic hydroxyl groups excluding tert-OH is 1. The first-order valence-corrected chi connectivity index (χ1v) is 7.00. The van der Waals surface area contributed by atoms with Crippen molar-refractivity contribution in [2.24, 2.45) is 0 Å². The van der Waals surface area contributed by atoms with Crippen LogP contribution in [0.5, 0.6) is 0 Å².